The van der Waals surface area contributed by atoms with Gasteiger partial charge >= 0.3 is 0 Å². The minimum Gasteiger partial charge on any atom is -0.375 e. The van der Waals surface area contributed by atoms with Crippen molar-refractivity contribution in [3.63, 3.8) is 0 Å². The number of nitrogens with zero attached hydrogens (tertiary/aromatic N) is 3. The minimum absolute atomic E-state index is 0.291. The largest absolute Gasteiger partial charge is 0.375 e. The number of morpholine rings is 1. The van der Waals surface area contributed by atoms with E-state index in [1.807, 2.05) is 17.9 Å². The van der Waals surface area contributed by atoms with Crippen LogP contribution in [0.1, 0.15) is 11.3 Å². The van der Waals surface area contributed by atoms with Crippen LogP contribution >= 0.6 is 0 Å². The van der Waals surface area contributed by atoms with Crippen molar-refractivity contribution in [1.29, 1.82) is 0 Å². The average Bonchev–Trinajstić information content (AvgIpc) is 2.86. The van der Waals surface area contributed by atoms with E-state index in [0.29, 0.717) is 6.10 Å². The van der Waals surface area contributed by atoms with Gasteiger partial charge in [-0.25, -0.2) is 0 Å². The second-order valence-electron chi connectivity index (χ2n) is 5.36. The summed E-state index contributed by atoms with van der Waals surface area (Å²) in [6.07, 6.45) is 3.14. The Kier molecular flexibility index (Phi) is 4.14. The molecule has 1 atom stereocenters. The molecule has 2 heterocycles. The van der Waals surface area contributed by atoms with Crippen LogP contribution < -0.4 is 0 Å². The Morgan fingerprint density at radius 2 is 2.10 bits per heavy atom. The molecule has 1 fully saturated rings. The first kappa shape index (κ1) is 13.3. The highest BCUT2D eigenvalue weighted by atomic mass is 16.5. The zero-order chi connectivity index (χ0) is 13.8. The first-order chi connectivity index (χ1) is 9.81. The predicted molar refractivity (Wildman–Crippen MR) is 78.4 cm³/mol. The van der Waals surface area contributed by atoms with Crippen LogP contribution in [-0.4, -0.2) is 40.5 Å². The Labute approximate surface area is 120 Å². The molecular formula is C16H21N3O. The van der Waals surface area contributed by atoms with Gasteiger partial charge in [-0.2, -0.15) is 5.10 Å². The summed E-state index contributed by atoms with van der Waals surface area (Å²) in [5, 5.41) is 4.23. The third-order valence-corrected chi connectivity index (χ3v) is 3.84. The topological polar surface area (TPSA) is 30.3 Å². The number of aromatic nitrogens is 2. The van der Waals surface area contributed by atoms with Gasteiger partial charge in [-0.15, -0.1) is 0 Å². The molecule has 0 saturated carbocycles. The first-order valence-electron chi connectivity index (χ1n) is 7.16. The normalized spacial score (nSPS) is 20.1. The van der Waals surface area contributed by atoms with E-state index >= 15 is 0 Å². The quantitative estimate of drug-likeness (QED) is 0.850. The Morgan fingerprint density at radius 3 is 2.85 bits per heavy atom. The molecule has 2 aromatic rings. The van der Waals surface area contributed by atoms with Gasteiger partial charge in [0.1, 0.15) is 0 Å². The smallest absolute Gasteiger partial charge is 0.0743 e. The van der Waals surface area contributed by atoms with E-state index in [1.54, 1.807) is 0 Å². The van der Waals surface area contributed by atoms with E-state index in [1.165, 1.54) is 11.3 Å². The minimum atomic E-state index is 0.291. The molecule has 1 aliphatic rings. The van der Waals surface area contributed by atoms with Gasteiger partial charge in [0, 0.05) is 32.9 Å². The van der Waals surface area contributed by atoms with Crippen LogP contribution in [0, 0.1) is 0 Å². The molecule has 0 bridgehead atoms. The molecule has 20 heavy (non-hydrogen) atoms. The van der Waals surface area contributed by atoms with E-state index < -0.39 is 0 Å². The van der Waals surface area contributed by atoms with Crippen LogP contribution in [0.15, 0.2) is 42.6 Å². The van der Waals surface area contributed by atoms with Crippen LogP contribution in [0.25, 0.3) is 0 Å². The van der Waals surface area contributed by atoms with Crippen molar-refractivity contribution in [2.75, 3.05) is 19.7 Å². The number of ether oxygens (including phenoxy) is 1. The second-order valence-corrected chi connectivity index (χ2v) is 5.36. The van der Waals surface area contributed by atoms with Crippen LogP contribution in [0.2, 0.25) is 0 Å². The van der Waals surface area contributed by atoms with Crippen LogP contribution in [0.3, 0.4) is 0 Å². The Hall–Kier alpha value is -1.65. The molecular weight excluding hydrogens is 250 g/mol. The standard InChI is InChI=1S/C16H21N3O/c1-18-15(7-8-17-18)12-19-9-10-20-16(13-19)11-14-5-3-2-4-6-14/h2-8,16H,9-13H2,1H3. The summed E-state index contributed by atoms with van der Waals surface area (Å²) in [5.41, 5.74) is 2.60. The molecule has 0 radical (unpaired) electrons. The number of benzene rings is 1. The molecule has 1 aromatic heterocycles. The van der Waals surface area contributed by atoms with Crippen molar-refractivity contribution >= 4 is 0 Å². The van der Waals surface area contributed by atoms with Crippen molar-refractivity contribution < 1.29 is 4.74 Å². The molecule has 1 unspecified atom stereocenters. The first-order valence-corrected chi connectivity index (χ1v) is 7.16. The second kappa shape index (κ2) is 6.20. The maximum Gasteiger partial charge on any atom is 0.0743 e. The van der Waals surface area contributed by atoms with Crippen LogP contribution in [0.4, 0.5) is 0 Å². The van der Waals surface area contributed by atoms with Crippen molar-refractivity contribution in [2.45, 2.75) is 19.1 Å². The highest BCUT2D eigenvalue weighted by Crippen LogP contribution is 2.14. The highest BCUT2D eigenvalue weighted by Gasteiger charge is 2.21. The third-order valence-electron chi connectivity index (χ3n) is 3.84. The summed E-state index contributed by atoms with van der Waals surface area (Å²) in [6.45, 7) is 3.75. The lowest BCUT2D eigenvalue weighted by Gasteiger charge is -2.33. The van der Waals surface area contributed by atoms with E-state index in [4.69, 9.17) is 4.74 Å². The molecule has 106 valence electrons. The van der Waals surface area contributed by atoms with Crippen molar-refractivity contribution in [3.8, 4) is 0 Å². The van der Waals surface area contributed by atoms with Crippen LogP contribution in [-0.2, 0) is 24.8 Å². The molecule has 0 aliphatic carbocycles. The SMILES string of the molecule is Cn1nccc1CN1CCOC(Cc2ccccc2)C1. The molecule has 1 aliphatic heterocycles. The third kappa shape index (κ3) is 3.26. The number of aryl methyl sites for hydroxylation is 1. The number of hydrogen-bond donors (Lipinski definition) is 0. The molecule has 3 rings (SSSR count). The fourth-order valence-electron chi connectivity index (χ4n) is 2.71. The lowest BCUT2D eigenvalue weighted by molar-refractivity contribution is -0.0311. The van der Waals surface area contributed by atoms with E-state index in [-0.39, 0.29) is 0 Å². The van der Waals surface area contributed by atoms with Crippen LogP contribution in [0.5, 0.6) is 0 Å². The highest BCUT2D eigenvalue weighted by molar-refractivity contribution is 5.15. The lowest BCUT2D eigenvalue weighted by atomic mass is 10.1. The fraction of sp³-hybridized carbons (Fsp3) is 0.438. The summed E-state index contributed by atoms with van der Waals surface area (Å²) < 4.78 is 7.84. The zero-order valence-corrected chi connectivity index (χ0v) is 11.9. The number of rotatable bonds is 4. The maximum atomic E-state index is 5.90. The van der Waals surface area contributed by atoms with E-state index in [0.717, 1.165) is 32.7 Å². The molecule has 0 spiro atoms. The van der Waals surface area contributed by atoms with Gasteiger partial charge in [-0.1, -0.05) is 30.3 Å². The fourth-order valence-corrected chi connectivity index (χ4v) is 2.71. The summed E-state index contributed by atoms with van der Waals surface area (Å²) in [6, 6.07) is 12.7. The van der Waals surface area contributed by atoms with Gasteiger partial charge in [0.15, 0.2) is 0 Å². The summed E-state index contributed by atoms with van der Waals surface area (Å²) >= 11 is 0. The Balaban J connectivity index is 1.58. The molecule has 4 heteroatoms. The van der Waals surface area contributed by atoms with Gasteiger partial charge in [0.2, 0.25) is 0 Å². The van der Waals surface area contributed by atoms with Gasteiger partial charge in [0.05, 0.1) is 18.4 Å². The van der Waals surface area contributed by atoms with E-state index in [9.17, 15) is 0 Å². The molecule has 1 saturated heterocycles. The van der Waals surface area contributed by atoms with Crippen molar-refractivity contribution in [3.05, 3.63) is 53.9 Å². The van der Waals surface area contributed by atoms with Crippen molar-refractivity contribution in [1.82, 2.24) is 14.7 Å². The molecule has 0 N–H and O–H groups in total. The monoisotopic (exact) mass is 271 g/mol. The predicted octanol–water partition coefficient (Wildman–Crippen LogP) is 1.86. The van der Waals surface area contributed by atoms with Gasteiger partial charge in [-0.05, 0) is 18.1 Å². The summed E-state index contributed by atoms with van der Waals surface area (Å²) in [4.78, 5) is 2.45. The summed E-state index contributed by atoms with van der Waals surface area (Å²) in [7, 11) is 2.00. The van der Waals surface area contributed by atoms with Gasteiger partial charge in [-0.3, -0.25) is 9.58 Å². The molecule has 4 nitrogen and oxygen atoms in total. The van der Waals surface area contributed by atoms with Gasteiger partial charge in [0.25, 0.3) is 0 Å². The molecule has 1 aromatic carbocycles. The van der Waals surface area contributed by atoms with Gasteiger partial charge < -0.3 is 4.74 Å². The maximum absolute atomic E-state index is 5.90. The van der Waals surface area contributed by atoms with E-state index in [2.05, 4.69) is 46.4 Å². The Bertz CT molecular complexity index is 538. The van der Waals surface area contributed by atoms with Crippen molar-refractivity contribution in [2.24, 2.45) is 7.05 Å². The number of hydrogen-bond acceptors (Lipinski definition) is 3. The lowest BCUT2D eigenvalue weighted by Crippen LogP contribution is -2.43. The summed E-state index contributed by atoms with van der Waals surface area (Å²) in [5.74, 6) is 0. The average molecular weight is 271 g/mol. The Morgan fingerprint density at radius 1 is 1.25 bits per heavy atom. The zero-order valence-electron chi connectivity index (χ0n) is 11.9. The molecule has 0 amide bonds.